The van der Waals surface area contributed by atoms with Gasteiger partial charge in [0.2, 0.25) is 5.88 Å². The maximum absolute atomic E-state index is 17.0. The Labute approximate surface area is 264 Å². The second-order valence-corrected chi connectivity index (χ2v) is 13.6. The van der Waals surface area contributed by atoms with Crippen LogP contribution in [0.4, 0.5) is 14.6 Å². The highest BCUT2D eigenvalue weighted by molar-refractivity contribution is 6.04. The van der Waals surface area contributed by atoms with Crippen molar-refractivity contribution in [1.82, 2.24) is 25.2 Å². The number of phenolic OH excluding ortho intramolecular Hbond substituents is 1. The van der Waals surface area contributed by atoms with Crippen molar-refractivity contribution in [3.63, 3.8) is 0 Å². The molecule has 0 amide bonds. The first kappa shape index (κ1) is 28.0. The van der Waals surface area contributed by atoms with Crippen molar-refractivity contribution in [3.05, 3.63) is 41.5 Å². The van der Waals surface area contributed by atoms with Crippen LogP contribution < -0.4 is 19.7 Å². The van der Waals surface area contributed by atoms with E-state index in [2.05, 4.69) is 31.0 Å². The molecule has 2 N–H and O–H groups in total. The molecule has 0 radical (unpaired) electrons. The van der Waals surface area contributed by atoms with E-state index in [1.165, 1.54) is 37.1 Å². The molecule has 3 saturated heterocycles. The van der Waals surface area contributed by atoms with Crippen molar-refractivity contribution in [2.45, 2.75) is 56.7 Å². The number of aromatic nitrogens is 3. The van der Waals surface area contributed by atoms with Gasteiger partial charge >= 0.3 is 6.01 Å². The lowest BCUT2D eigenvalue weighted by molar-refractivity contribution is 0.170. The van der Waals surface area contributed by atoms with E-state index in [-0.39, 0.29) is 62.9 Å². The predicted molar refractivity (Wildman–Crippen MR) is 169 cm³/mol. The Balaban J connectivity index is 1.21. The maximum atomic E-state index is 17.0. The van der Waals surface area contributed by atoms with Crippen LogP contribution in [0.1, 0.15) is 44.1 Å². The number of piperazine rings is 1. The Morgan fingerprint density at radius 2 is 1.96 bits per heavy atom. The highest BCUT2D eigenvalue weighted by atomic mass is 19.1. The minimum absolute atomic E-state index is 0.00562. The quantitative estimate of drug-likeness (QED) is 0.294. The number of hydrogen-bond acceptors (Lipinski definition) is 9. The predicted octanol–water partition coefficient (Wildman–Crippen LogP) is 4.77. The maximum Gasteiger partial charge on any atom is 0.319 e. The number of nitrogens with one attached hydrogen (secondary N) is 1. The number of halogens is 2. The number of nitrogens with zero attached hydrogens (tertiary/aromatic N) is 5. The van der Waals surface area contributed by atoms with Crippen LogP contribution in [0.2, 0.25) is 0 Å². The van der Waals surface area contributed by atoms with E-state index in [1.54, 1.807) is 0 Å². The van der Waals surface area contributed by atoms with Gasteiger partial charge in [-0.05, 0) is 75.2 Å². The number of phenols is 1. The van der Waals surface area contributed by atoms with Crippen LogP contribution in [0.15, 0.2) is 24.3 Å². The number of fused-ring (bicyclic) bond motifs is 6. The standard InChI is InChI=1S/C35H34F2N6O3/c1-2-22-24(36)7-5-19-13-21(44)14-23(27(19)22)30-29(37)31-28-32(43-15-20-6-8-25(38-20)26(43)16-45-33(28)39-30)41-34(40-31)46-18-35(9-10-35)17-42-11-3-4-12-42/h1,5,7,13-14,20,25-26,38,44H,3-4,6,8-12,15-18H2. The van der Waals surface area contributed by atoms with Crippen molar-refractivity contribution < 1.29 is 23.4 Å². The van der Waals surface area contributed by atoms with Crippen LogP contribution in [0.5, 0.6) is 17.6 Å². The normalized spacial score (nSPS) is 24.5. The average molecular weight is 625 g/mol. The fourth-order valence-electron chi connectivity index (χ4n) is 8.07. The zero-order chi connectivity index (χ0) is 31.2. The average Bonchev–Trinajstić information content (AvgIpc) is 3.47. The monoisotopic (exact) mass is 624 g/mol. The molecular formula is C35H34F2N6O3. The van der Waals surface area contributed by atoms with Crippen LogP contribution >= 0.6 is 0 Å². The number of hydrogen-bond donors (Lipinski definition) is 2. The van der Waals surface area contributed by atoms with Gasteiger partial charge in [-0.25, -0.2) is 13.8 Å². The minimum Gasteiger partial charge on any atom is -0.508 e. The van der Waals surface area contributed by atoms with Gasteiger partial charge in [0.1, 0.15) is 40.6 Å². The van der Waals surface area contributed by atoms with Crippen molar-refractivity contribution in [2.75, 3.05) is 44.3 Å². The summed E-state index contributed by atoms with van der Waals surface area (Å²) in [5.74, 6) is 1.63. The van der Waals surface area contributed by atoms with Crippen LogP contribution in [0.3, 0.4) is 0 Å². The molecule has 1 aliphatic carbocycles. The fourth-order valence-corrected chi connectivity index (χ4v) is 8.07. The summed E-state index contributed by atoms with van der Waals surface area (Å²) in [4.78, 5) is 19.0. The zero-order valence-electron chi connectivity index (χ0n) is 25.4. The molecule has 2 aromatic carbocycles. The van der Waals surface area contributed by atoms with Crippen molar-refractivity contribution in [1.29, 1.82) is 0 Å². The van der Waals surface area contributed by atoms with Crippen LogP contribution in [0.25, 0.3) is 32.9 Å². The van der Waals surface area contributed by atoms with Gasteiger partial charge in [-0.2, -0.15) is 9.97 Å². The summed E-state index contributed by atoms with van der Waals surface area (Å²) in [6.07, 6.45) is 12.4. The molecular weight excluding hydrogens is 590 g/mol. The lowest BCUT2D eigenvalue weighted by Crippen LogP contribution is -2.60. The number of pyridine rings is 1. The molecule has 9 rings (SSSR count). The third-order valence-electron chi connectivity index (χ3n) is 10.6. The molecule has 2 bridgehead atoms. The number of likely N-dealkylation sites (tertiary alicyclic amines) is 1. The van der Waals surface area contributed by atoms with Crippen LogP contribution in [-0.4, -0.2) is 82.5 Å². The molecule has 4 aromatic rings. The highest BCUT2D eigenvalue weighted by Gasteiger charge is 2.46. The summed E-state index contributed by atoms with van der Waals surface area (Å²) in [5.41, 5.74) is 0.0220. The minimum atomic E-state index is -0.746. The van der Waals surface area contributed by atoms with E-state index >= 15 is 4.39 Å². The smallest absolute Gasteiger partial charge is 0.319 e. The van der Waals surface area contributed by atoms with Gasteiger partial charge in [-0.3, -0.25) is 0 Å². The number of terminal acetylenes is 1. The summed E-state index contributed by atoms with van der Waals surface area (Å²) in [6.45, 7) is 4.67. The molecule has 9 nitrogen and oxygen atoms in total. The van der Waals surface area contributed by atoms with Gasteiger partial charge in [0.15, 0.2) is 5.82 Å². The van der Waals surface area contributed by atoms with Crippen molar-refractivity contribution in [3.8, 4) is 41.2 Å². The number of ether oxygens (including phenoxy) is 2. The first-order valence-corrected chi connectivity index (χ1v) is 16.2. The molecule has 5 aliphatic rings. The third-order valence-corrected chi connectivity index (χ3v) is 10.6. The molecule has 236 valence electrons. The highest BCUT2D eigenvalue weighted by Crippen LogP contribution is 2.48. The Morgan fingerprint density at radius 3 is 2.76 bits per heavy atom. The van der Waals surface area contributed by atoms with Crippen molar-refractivity contribution >= 4 is 27.5 Å². The summed E-state index contributed by atoms with van der Waals surface area (Å²) in [7, 11) is 0. The van der Waals surface area contributed by atoms with E-state index in [0.717, 1.165) is 45.3 Å². The lowest BCUT2D eigenvalue weighted by atomic mass is 9.95. The topological polar surface area (TPSA) is 95.9 Å². The Hall–Kier alpha value is -4.27. The molecule has 4 aliphatic heterocycles. The summed E-state index contributed by atoms with van der Waals surface area (Å²) >= 11 is 0. The lowest BCUT2D eigenvalue weighted by Gasteiger charge is -2.40. The second-order valence-electron chi connectivity index (χ2n) is 13.6. The molecule has 4 fully saturated rings. The number of aromatic hydroxyl groups is 1. The SMILES string of the molecule is C#Cc1c(F)ccc2cc(O)cc(-c3nc4c5c(nc(OCC6(CN7CCCC7)CC6)nc5c3F)N3CC5CCC(N5)C3CO4)c12. The van der Waals surface area contributed by atoms with Gasteiger partial charge in [0, 0.05) is 41.5 Å². The third kappa shape index (κ3) is 4.45. The van der Waals surface area contributed by atoms with Gasteiger partial charge in [0.25, 0.3) is 0 Å². The molecule has 2 aromatic heterocycles. The summed E-state index contributed by atoms with van der Waals surface area (Å²) < 4.78 is 44.7. The molecule has 3 unspecified atom stereocenters. The van der Waals surface area contributed by atoms with E-state index in [0.29, 0.717) is 42.4 Å². The number of benzene rings is 2. The summed E-state index contributed by atoms with van der Waals surface area (Å²) in [6, 6.07) is 6.11. The largest absolute Gasteiger partial charge is 0.508 e. The van der Waals surface area contributed by atoms with E-state index in [4.69, 9.17) is 20.9 Å². The van der Waals surface area contributed by atoms with Crippen LogP contribution in [-0.2, 0) is 0 Å². The molecule has 3 atom stereocenters. The number of anilines is 1. The van der Waals surface area contributed by atoms with Gasteiger partial charge in [-0.15, -0.1) is 6.42 Å². The first-order valence-electron chi connectivity index (χ1n) is 16.2. The Morgan fingerprint density at radius 1 is 1.11 bits per heavy atom. The van der Waals surface area contributed by atoms with Gasteiger partial charge < -0.3 is 29.7 Å². The van der Waals surface area contributed by atoms with Crippen LogP contribution in [0, 0.1) is 29.4 Å². The number of rotatable bonds is 6. The molecule has 1 saturated carbocycles. The summed E-state index contributed by atoms with van der Waals surface area (Å²) in [5, 5.41) is 15.4. The van der Waals surface area contributed by atoms with Gasteiger partial charge in [0.05, 0.1) is 18.2 Å². The fraction of sp³-hybridized carbons (Fsp3) is 0.457. The second kappa shape index (κ2) is 10.4. The molecule has 46 heavy (non-hydrogen) atoms. The van der Waals surface area contributed by atoms with E-state index < -0.39 is 11.6 Å². The Bertz CT molecular complexity index is 1950. The van der Waals surface area contributed by atoms with E-state index in [9.17, 15) is 9.50 Å². The van der Waals surface area contributed by atoms with Crippen molar-refractivity contribution in [2.24, 2.45) is 5.41 Å². The molecule has 0 spiro atoms. The van der Waals surface area contributed by atoms with E-state index in [1.807, 2.05) is 0 Å². The van der Waals surface area contributed by atoms with Gasteiger partial charge in [-0.1, -0.05) is 12.0 Å². The Kier molecular flexibility index (Phi) is 6.31. The molecule has 6 heterocycles. The zero-order valence-corrected chi connectivity index (χ0v) is 25.4. The first-order chi connectivity index (χ1) is 22.4. The molecule has 11 heteroatoms.